The smallest absolute Gasteiger partial charge is 0.237 e. The van der Waals surface area contributed by atoms with Gasteiger partial charge in [0.1, 0.15) is 12.7 Å². The van der Waals surface area contributed by atoms with Crippen LogP contribution < -0.4 is 11.1 Å². The van der Waals surface area contributed by atoms with Gasteiger partial charge in [-0.3, -0.25) is 4.79 Å². The molecular formula is C16H22ClN5O2. The van der Waals surface area contributed by atoms with Gasteiger partial charge in [-0.2, -0.15) is 5.10 Å². The summed E-state index contributed by atoms with van der Waals surface area (Å²) in [6.45, 7) is 1.85. The van der Waals surface area contributed by atoms with Gasteiger partial charge in [0.05, 0.1) is 11.7 Å². The van der Waals surface area contributed by atoms with Crippen molar-refractivity contribution in [3.63, 3.8) is 0 Å². The van der Waals surface area contributed by atoms with Gasteiger partial charge in [0.25, 0.3) is 0 Å². The van der Waals surface area contributed by atoms with Crippen LogP contribution in [0.3, 0.4) is 0 Å². The Labute approximate surface area is 147 Å². The second kappa shape index (κ2) is 8.77. The molecule has 0 bridgehead atoms. The molecule has 1 aromatic carbocycles. The third-order valence-corrected chi connectivity index (χ3v) is 4.16. The van der Waals surface area contributed by atoms with Crippen LogP contribution in [-0.2, 0) is 16.1 Å². The van der Waals surface area contributed by atoms with Crippen molar-refractivity contribution >= 4 is 18.3 Å². The quantitative estimate of drug-likeness (QED) is 0.839. The summed E-state index contributed by atoms with van der Waals surface area (Å²) in [6.07, 6.45) is 4.83. The Kier molecular flexibility index (Phi) is 6.72. The predicted octanol–water partition coefficient (Wildman–Crippen LogP) is 1.06. The Morgan fingerprint density at radius 3 is 2.67 bits per heavy atom. The molecule has 1 fully saturated rings. The number of nitrogens with zero attached hydrogens (tertiary/aromatic N) is 3. The van der Waals surface area contributed by atoms with Gasteiger partial charge in [0, 0.05) is 19.8 Å². The number of rotatable bonds is 5. The first kappa shape index (κ1) is 18.4. The maximum Gasteiger partial charge on any atom is 0.237 e. The molecule has 0 radical (unpaired) electrons. The Balaban J connectivity index is 0.00000208. The number of nitrogens with one attached hydrogen (secondary N) is 1. The number of aromatic nitrogens is 3. The zero-order valence-electron chi connectivity index (χ0n) is 13.3. The number of carbonyl (C=O) groups excluding carboxylic acids is 1. The summed E-state index contributed by atoms with van der Waals surface area (Å²) in [5.41, 5.74) is 8.00. The van der Waals surface area contributed by atoms with Crippen LogP contribution in [0.5, 0.6) is 0 Å². The van der Waals surface area contributed by atoms with E-state index in [0.29, 0.717) is 19.8 Å². The van der Waals surface area contributed by atoms with Gasteiger partial charge in [0.2, 0.25) is 5.91 Å². The highest BCUT2D eigenvalue weighted by Gasteiger charge is 2.26. The second-order valence-electron chi connectivity index (χ2n) is 5.70. The zero-order valence-corrected chi connectivity index (χ0v) is 14.1. The molecule has 3 N–H and O–H groups in total. The van der Waals surface area contributed by atoms with Crippen molar-refractivity contribution < 1.29 is 9.53 Å². The molecule has 8 heteroatoms. The Hall–Kier alpha value is -1.96. The summed E-state index contributed by atoms with van der Waals surface area (Å²) in [5.74, 6) is 0.107. The lowest BCUT2D eigenvalue weighted by Crippen LogP contribution is -2.46. The fraction of sp³-hybridized carbons (Fsp3) is 0.438. The van der Waals surface area contributed by atoms with E-state index >= 15 is 0 Å². The van der Waals surface area contributed by atoms with Crippen LogP contribution >= 0.6 is 12.4 Å². The third kappa shape index (κ3) is 4.53. The van der Waals surface area contributed by atoms with Crippen LogP contribution in [0.1, 0.15) is 18.4 Å². The Bertz CT molecular complexity index is 626. The molecule has 0 aliphatic carbocycles. The zero-order chi connectivity index (χ0) is 16.1. The van der Waals surface area contributed by atoms with E-state index in [1.807, 2.05) is 24.3 Å². The molecule has 1 aliphatic rings. The molecule has 1 unspecified atom stereocenters. The van der Waals surface area contributed by atoms with Crippen molar-refractivity contribution in [3.8, 4) is 5.69 Å². The summed E-state index contributed by atoms with van der Waals surface area (Å²) < 4.78 is 6.99. The van der Waals surface area contributed by atoms with Crippen molar-refractivity contribution in [1.29, 1.82) is 0 Å². The lowest BCUT2D eigenvalue weighted by Gasteiger charge is -2.26. The number of halogens is 1. The number of amides is 1. The SMILES string of the molecule is Cl.NC(C(=O)NCc1ccc(-n2cncn2)cc1)C1CCOCC1. The van der Waals surface area contributed by atoms with Crippen LogP contribution in [0.25, 0.3) is 5.69 Å². The van der Waals surface area contributed by atoms with Gasteiger partial charge in [-0.05, 0) is 36.5 Å². The molecule has 2 heterocycles. The van der Waals surface area contributed by atoms with E-state index in [9.17, 15) is 4.79 Å². The number of hydrogen-bond donors (Lipinski definition) is 2. The molecule has 1 amide bonds. The van der Waals surface area contributed by atoms with Crippen LogP contribution in [0.2, 0.25) is 0 Å². The molecule has 3 rings (SSSR count). The van der Waals surface area contributed by atoms with E-state index in [1.54, 1.807) is 11.0 Å². The number of nitrogens with two attached hydrogens (primary N) is 1. The lowest BCUT2D eigenvalue weighted by atomic mass is 9.92. The van der Waals surface area contributed by atoms with Gasteiger partial charge < -0.3 is 15.8 Å². The summed E-state index contributed by atoms with van der Waals surface area (Å²) in [4.78, 5) is 16.1. The largest absolute Gasteiger partial charge is 0.381 e. The fourth-order valence-corrected chi connectivity index (χ4v) is 2.70. The van der Waals surface area contributed by atoms with E-state index in [4.69, 9.17) is 10.5 Å². The normalized spacial score (nSPS) is 16.2. The molecule has 0 spiro atoms. The second-order valence-corrected chi connectivity index (χ2v) is 5.70. The minimum Gasteiger partial charge on any atom is -0.381 e. The van der Waals surface area contributed by atoms with E-state index in [0.717, 1.165) is 24.1 Å². The summed E-state index contributed by atoms with van der Waals surface area (Å²) >= 11 is 0. The summed E-state index contributed by atoms with van der Waals surface area (Å²) in [5, 5.41) is 6.99. The average Bonchev–Trinajstić information content (AvgIpc) is 3.15. The maximum absolute atomic E-state index is 12.2. The number of ether oxygens (including phenoxy) is 1. The lowest BCUT2D eigenvalue weighted by molar-refractivity contribution is -0.124. The van der Waals surface area contributed by atoms with E-state index in [1.165, 1.54) is 6.33 Å². The molecule has 1 aromatic heterocycles. The first-order valence-electron chi connectivity index (χ1n) is 7.79. The minimum atomic E-state index is -0.465. The number of benzene rings is 1. The average molecular weight is 352 g/mol. The van der Waals surface area contributed by atoms with Crippen molar-refractivity contribution in [1.82, 2.24) is 20.1 Å². The Morgan fingerprint density at radius 1 is 1.33 bits per heavy atom. The molecule has 24 heavy (non-hydrogen) atoms. The molecule has 7 nitrogen and oxygen atoms in total. The topological polar surface area (TPSA) is 95.1 Å². The summed E-state index contributed by atoms with van der Waals surface area (Å²) in [7, 11) is 0. The highest BCUT2D eigenvalue weighted by molar-refractivity contribution is 5.85. The molecule has 2 aromatic rings. The van der Waals surface area contributed by atoms with Crippen LogP contribution in [0, 0.1) is 5.92 Å². The van der Waals surface area contributed by atoms with Crippen molar-refractivity contribution in [2.45, 2.75) is 25.4 Å². The maximum atomic E-state index is 12.2. The molecule has 1 atom stereocenters. The molecular weight excluding hydrogens is 330 g/mol. The monoisotopic (exact) mass is 351 g/mol. The van der Waals surface area contributed by atoms with Gasteiger partial charge in [-0.1, -0.05) is 12.1 Å². The summed E-state index contributed by atoms with van der Waals surface area (Å²) in [6, 6.07) is 7.32. The van der Waals surface area contributed by atoms with Crippen LogP contribution in [0.4, 0.5) is 0 Å². The van der Waals surface area contributed by atoms with Crippen molar-refractivity contribution in [2.24, 2.45) is 11.7 Å². The van der Waals surface area contributed by atoms with Crippen molar-refractivity contribution in [2.75, 3.05) is 13.2 Å². The third-order valence-electron chi connectivity index (χ3n) is 4.16. The highest BCUT2D eigenvalue weighted by Crippen LogP contribution is 2.17. The molecule has 0 saturated carbocycles. The van der Waals surface area contributed by atoms with Crippen molar-refractivity contribution in [3.05, 3.63) is 42.5 Å². The highest BCUT2D eigenvalue weighted by atomic mass is 35.5. The predicted molar refractivity (Wildman–Crippen MR) is 92.0 cm³/mol. The fourth-order valence-electron chi connectivity index (χ4n) is 2.70. The molecule has 1 aliphatic heterocycles. The molecule has 1 saturated heterocycles. The van der Waals surface area contributed by atoms with E-state index in [2.05, 4.69) is 15.4 Å². The van der Waals surface area contributed by atoms with E-state index in [-0.39, 0.29) is 24.2 Å². The first-order chi connectivity index (χ1) is 11.2. The van der Waals surface area contributed by atoms with E-state index < -0.39 is 6.04 Å². The van der Waals surface area contributed by atoms with Gasteiger partial charge in [0.15, 0.2) is 0 Å². The van der Waals surface area contributed by atoms with Gasteiger partial charge in [-0.25, -0.2) is 9.67 Å². The first-order valence-corrected chi connectivity index (χ1v) is 7.79. The Morgan fingerprint density at radius 2 is 2.04 bits per heavy atom. The van der Waals surface area contributed by atoms with Gasteiger partial charge >= 0.3 is 0 Å². The molecule has 130 valence electrons. The van der Waals surface area contributed by atoms with Crippen LogP contribution in [-0.4, -0.2) is 39.9 Å². The van der Waals surface area contributed by atoms with Gasteiger partial charge in [-0.15, -0.1) is 12.4 Å². The number of hydrogen-bond acceptors (Lipinski definition) is 5. The van der Waals surface area contributed by atoms with Crippen LogP contribution in [0.15, 0.2) is 36.9 Å². The standard InChI is InChI=1S/C16H21N5O2.ClH/c17-15(13-5-7-23-8-6-13)16(22)19-9-12-1-3-14(4-2-12)21-11-18-10-20-21;/h1-4,10-11,13,15H,5-9,17H2,(H,19,22);1H. The minimum absolute atomic E-state index is 0. The number of carbonyl (C=O) groups is 1.